The molecule has 0 fully saturated rings. The van der Waals surface area contributed by atoms with Crippen molar-refractivity contribution in [1.29, 1.82) is 0 Å². The number of nitrogens with two attached hydrogens (primary N) is 1. The first-order valence-corrected chi connectivity index (χ1v) is 7.63. The van der Waals surface area contributed by atoms with E-state index in [0.29, 0.717) is 5.56 Å². The summed E-state index contributed by atoms with van der Waals surface area (Å²) in [5.74, 6) is -0.0496. The Kier molecular flexibility index (Phi) is 5.25. The van der Waals surface area contributed by atoms with Crippen molar-refractivity contribution in [2.24, 2.45) is 5.73 Å². The maximum atomic E-state index is 12.0. The normalized spacial score (nSPS) is 11.7. The second-order valence-corrected chi connectivity index (χ2v) is 6.68. The summed E-state index contributed by atoms with van der Waals surface area (Å²) in [6.45, 7) is 3.90. The van der Waals surface area contributed by atoms with E-state index in [9.17, 15) is 8.42 Å². The van der Waals surface area contributed by atoms with Crippen molar-refractivity contribution < 1.29 is 13.2 Å². The van der Waals surface area contributed by atoms with E-state index in [0.717, 1.165) is 0 Å². The molecule has 0 aliphatic carbocycles. The van der Waals surface area contributed by atoms with Gasteiger partial charge in [-0.15, -0.1) is 0 Å². The fourth-order valence-electron chi connectivity index (χ4n) is 1.35. The van der Waals surface area contributed by atoms with Crippen LogP contribution in [0.25, 0.3) is 0 Å². The molecule has 18 heavy (non-hydrogen) atoms. The van der Waals surface area contributed by atoms with Gasteiger partial charge in [0.2, 0.25) is 0 Å². The highest BCUT2D eigenvalue weighted by Gasteiger charge is 2.15. The van der Waals surface area contributed by atoms with Gasteiger partial charge in [-0.2, -0.15) is 0 Å². The van der Waals surface area contributed by atoms with Crippen LogP contribution in [0.15, 0.2) is 29.2 Å². The average Bonchev–Trinajstić information content (AvgIpc) is 2.28. The highest BCUT2D eigenvalue weighted by Crippen LogP contribution is 2.13. The summed E-state index contributed by atoms with van der Waals surface area (Å²) in [4.78, 5) is 0.408. The van der Waals surface area contributed by atoms with Crippen LogP contribution in [-0.2, 0) is 14.6 Å². The Labute approximate surface area is 113 Å². The molecule has 0 radical (unpaired) electrons. The molecular weight excluding hydrogens is 270 g/mol. The van der Waals surface area contributed by atoms with Gasteiger partial charge in [-0.05, 0) is 26.0 Å². The van der Waals surface area contributed by atoms with Gasteiger partial charge in [0.1, 0.15) is 4.99 Å². The van der Waals surface area contributed by atoms with Gasteiger partial charge in [-0.1, -0.05) is 24.4 Å². The van der Waals surface area contributed by atoms with Crippen molar-refractivity contribution in [3.63, 3.8) is 0 Å². The SMILES string of the molecule is CC(C)OCCS(=O)(=O)c1cccc(C(N)=S)c1. The zero-order valence-electron chi connectivity index (χ0n) is 10.4. The van der Waals surface area contributed by atoms with Crippen LogP contribution in [0.2, 0.25) is 0 Å². The molecule has 0 saturated carbocycles. The quantitative estimate of drug-likeness (QED) is 0.803. The fourth-order valence-corrected chi connectivity index (χ4v) is 2.62. The minimum absolute atomic E-state index is 0.0168. The minimum Gasteiger partial charge on any atom is -0.389 e. The number of hydrogen-bond donors (Lipinski definition) is 1. The lowest BCUT2D eigenvalue weighted by atomic mass is 10.2. The standard InChI is InChI=1S/C12H17NO3S2/c1-9(2)16-6-7-18(14,15)11-5-3-4-10(8-11)12(13)17/h3-5,8-9H,6-7H2,1-2H3,(H2,13,17). The van der Waals surface area contributed by atoms with E-state index in [1.54, 1.807) is 12.1 Å². The Morgan fingerprint density at radius 3 is 2.67 bits per heavy atom. The van der Waals surface area contributed by atoms with E-state index in [4.69, 9.17) is 22.7 Å². The van der Waals surface area contributed by atoms with E-state index in [1.165, 1.54) is 12.1 Å². The molecule has 0 spiro atoms. The first-order chi connectivity index (χ1) is 8.33. The van der Waals surface area contributed by atoms with Crippen LogP contribution in [0.1, 0.15) is 19.4 Å². The van der Waals surface area contributed by atoms with E-state index >= 15 is 0 Å². The molecule has 1 aromatic rings. The van der Waals surface area contributed by atoms with Crippen LogP contribution in [-0.4, -0.2) is 31.9 Å². The lowest BCUT2D eigenvalue weighted by Gasteiger charge is -2.09. The average molecular weight is 287 g/mol. The monoisotopic (exact) mass is 287 g/mol. The summed E-state index contributed by atoms with van der Waals surface area (Å²) in [5, 5.41) is 0. The third kappa shape index (κ3) is 4.36. The van der Waals surface area contributed by atoms with E-state index < -0.39 is 9.84 Å². The van der Waals surface area contributed by atoms with Crippen LogP contribution in [0.3, 0.4) is 0 Å². The first-order valence-electron chi connectivity index (χ1n) is 5.57. The van der Waals surface area contributed by atoms with Crippen LogP contribution >= 0.6 is 12.2 Å². The fraction of sp³-hybridized carbons (Fsp3) is 0.417. The van der Waals surface area contributed by atoms with Gasteiger partial charge >= 0.3 is 0 Å². The third-order valence-corrected chi connectivity index (χ3v) is 4.19. The maximum absolute atomic E-state index is 12.0. The summed E-state index contributed by atoms with van der Waals surface area (Å²) >= 11 is 4.82. The number of ether oxygens (including phenoxy) is 1. The molecule has 1 rings (SSSR count). The molecule has 2 N–H and O–H groups in total. The van der Waals surface area contributed by atoms with Crippen LogP contribution < -0.4 is 5.73 Å². The molecule has 0 saturated heterocycles. The predicted molar refractivity (Wildman–Crippen MR) is 75.5 cm³/mol. The highest BCUT2D eigenvalue weighted by molar-refractivity contribution is 7.91. The third-order valence-electron chi connectivity index (χ3n) is 2.28. The minimum atomic E-state index is -3.35. The van der Waals surface area contributed by atoms with Crippen LogP contribution in [0, 0.1) is 0 Å². The van der Waals surface area contributed by atoms with Crippen LogP contribution in [0.4, 0.5) is 0 Å². The lowest BCUT2D eigenvalue weighted by molar-refractivity contribution is 0.0912. The van der Waals surface area contributed by atoms with E-state index in [2.05, 4.69) is 0 Å². The lowest BCUT2D eigenvalue weighted by Crippen LogP contribution is -2.16. The molecule has 0 bridgehead atoms. The number of benzene rings is 1. The molecule has 0 aliphatic rings. The number of rotatable bonds is 6. The van der Waals surface area contributed by atoms with Crippen molar-refractivity contribution in [1.82, 2.24) is 0 Å². The number of sulfone groups is 1. The zero-order valence-corrected chi connectivity index (χ0v) is 12.1. The molecule has 4 nitrogen and oxygen atoms in total. The Hall–Kier alpha value is -0.980. The summed E-state index contributed by atoms with van der Waals surface area (Å²) < 4.78 is 29.3. The van der Waals surface area contributed by atoms with Gasteiger partial charge in [0, 0.05) is 5.56 Å². The molecule has 0 aliphatic heterocycles. The van der Waals surface area contributed by atoms with Crippen molar-refractivity contribution in [3.05, 3.63) is 29.8 Å². The molecule has 1 aromatic carbocycles. The van der Waals surface area contributed by atoms with Crippen molar-refractivity contribution in [2.75, 3.05) is 12.4 Å². The van der Waals surface area contributed by atoms with E-state index in [1.807, 2.05) is 13.8 Å². The number of thiocarbonyl (C=S) groups is 1. The molecule has 0 atom stereocenters. The second-order valence-electron chi connectivity index (χ2n) is 4.13. The molecular formula is C12H17NO3S2. The van der Waals surface area contributed by atoms with Crippen molar-refractivity contribution in [3.8, 4) is 0 Å². The summed E-state index contributed by atoms with van der Waals surface area (Å²) in [6.07, 6.45) is 0.0168. The Morgan fingerprint density at radius 1 is 1.44 bits per heavy atom. The summed E-state index contributed by atoms with van der Waals surface area (Å²) in [5.41, 5.74) is 6.03. The number of hydrogen-bond acceptors (Lipinski definition) is 4. The largest absolute Gasteiger partial charge is 0.389 e. The van der Waals surface area contributed by atoms with Crippen molar-refractivity contribution >= 4 is 27.0 Å². The Balaban J connectivity index is 2.85. The van der Waals surface area contributed by atoms with Gasteiger partial charge in [0.05, 0.1) is 23.4 Å². The molecule has 0 heterocycles. The predicted octanol–water partition coefficient (Wildman–Crippen LogP) is 1.52. The Morgan fingerprint density at radius 2 is 2.11 bits per heavy atom. The molecule has 0 unspecified atom stereocenters. The van der Waals surface area contributed by atoms with Gasteiger partial charge in [-0.25, -0.2) is 8.42 Å². The first kappa shape index (κ1) is 15.1. The zero-order chi connectivity index (χ0) is 13.8. The molecule has 100 valence electrons. The highest BCUT2D eigenvalue weighted by atomic mass is 32.2. The van der Waals surface area contributed by atoms with Crippen LogP contribution in [0.5, 0.6) is 0 Å². The smallest absolute Gasteiger partial charge is 0.180 e. The van der Waals surface area contributed by atoms with E-state index in [-0.39, 0.29) is 28.3 Å². The topological polar surface area (TPSA) is 69.4 Å². The van der Waals surface area contributed by atoms with Gasteiger partial charge in [0.15, 0.2) is 9.84 Å². The Bertz CT molecular complexity index is 524. The molecule has 6 heteroatoms. The van der Waals surface area contributed by atoms with Crippen molar-refractivity contribution in [2.45, 2.75) is 24.8 Å². The summed E-state index contributed by atoms with van der Waals surface area (Å²) in [6, 6.07) is 6.34. The molecule has 0 amide bonds. The van der Waals surface area contributed by atoms with Gasteiger partial charge in [-0.3, -0.25) is 0 Å². The maximum Gasteiger partial charge on any atom is 0.180 e. The second kappa shape index (κ2) is 6.26. The molecule has 0 aromatic heterocycles. The van der Waals surface area contributed by atoms with Gasteiger partial charge in [0.25, 0.3) is 0 Å². The van der Waals surface area contributed by atoms with Gasteiger partial charge < -0.3 is 10.5 Å². The summed E-state index contributed by atoms with van der Waals surface area (Å²) in [7, 11) is -3.35.